The first-order chi connectivity index (χ1) is 15.1. The largest absolute Gasteiger partial charge is 0.464 e. The second kappa shape index (κ2) is 11.0. The highest BCUT2D eigenvalue weighted by Gasteiger charge is 2.30. The number of carbonyl (C=O) groups excluding carboxylic acids is 1. The van der Waals surface area contributed by atoms with Crippen LogP contribution in [0.5, 0.6) is 0 Å². The van der Waals surface area contributed by atoms with E-state index < -0.39 is 23.6 Å². The Hall–Kier alpha value is -3.00. The van der Waals surface area contributed by atoms with Gasteiger partial charge >= 0.3 is 12.1 Å². The molecule has 2 rings (SSSR count). The lowest BCUT2D eigenvalue weighted by Gasteiger charge is -2.15. The SMILES string of the molecule is CO/N=C(/C(=O)OC)c1cccc(C(F)P)c1CO/N=C(\C)c1cccc(C(F)(F)F)c1. The van der Waals surface area contributed by atoms with Gasteiger partial charge in [0.15, 0.2) is 5.71 Å². The molecular formula is C21H21F4N2O4P. The summed E-state index contributed by atoms with van der Waals surface area (Å²) in [5, 5.41) is 7.52. The Bertz CT molecular complexity index is 1020. The number of hydrogen-bond acceptors (Lipinski definition) is 6. The Morgan fingerprint density at radius 3 is 2.41 bits per heavy atom. The molecule has 0 aromatic heterocycles. The van der Waals surface area contributed by atoms with Crippen LogP contribution in [0.15, 0.2) is 52.8 Å². The maximum atomic E-state index is 14.2. The number of alkyl halides is 4. The van der Waals surface area contributed by atoms with E-state index in [-0.39, 0.29) is 40.3 Å². The van der Waals surface area contributed by atoms with Gasteiger partial charge in [-0.2, -0.15) is 13.2 Å². The van der Waals surface area contributed by atoms with Gasteiger partial charge in [-0.25, -0.2) is 9.18 Å². The van der Waals surface area contributed by atoms with Crippen LogP contribution in [0.1, 0.15) is 40.7 Å². The van der Waals surface area contributed by atoms with Crippen molar-refractivity contribution in [3.63, 3.8) is 0 Å². The quantitative estimate of drug-likeness (QED) is 0.178. The summed E-state index contributed by atoms with van der Waals surface area (Å²) in [4.78, 5) is 22.1. The first kappa shape index (κ1) is 25.3. The van der Waals surface area contributed by atoms with Gasteiger partial charge in [-0.3, -0.25) is 0 Å². The molecule has 0 spiro atoms. The topological polar surface area (TPSA) is 69.5 Å². The highest BCUT2D eigenvalue weighted by Crippen LogP contribution is 2.31. The lowest BCUT2D eigenvalue weighted by molar-refractivity contribution is -0.137. The average molecular weight is 472 g/mol. The molecule has 0 radical (unpaired) electrons. The number of methoxy groups -OCH3 is 1. The second-order valence-electron chi connectivity index (χ2n) is 6.42. The van der Waals surface area contributed by atoms with E-state index in [2.05, 4.69) is 10.3 Å². The number of carbonyl (C=O) groups is 1. The number of hydrogen-bond donors (Lipinski definition) is 0. The number of esters is 1. The van der Waals surface area contributed by atoms with Crippen molar-refractivity contribution in [3.8, 4) is 0 Å². The smallest absolute Gasteiger partial charge is 0.416 e. The third-order valence-corrected chi connectivity index (χ3v) is 4.70. The molecule has 0 N–H and O–H groups in total. The van der Waals surface area contributed by atoms with Gasteiger partial charge in [-0.15, -0.1) is 0 Å². The summed E-state index contributed by atoms with van der Waals surface area (Å²) in [5.41, 5.74) is -0.00808. The normalized spacial score (nSPS) is 13.5. The van der Waals surface area contributed by atoms with Crippen LogP contribution in [0.2, 0.25) is 0 Å². The maximum Gasteiger partial charge on any atom is 0.416 e. The first-order valence-electron chi connectivity index (χ1n) is 9.15. The fraction of sp³-hybridized carbons (Fsp3) is 0.286. The van der Waals surface area contributed by atoms with Crippen LogP contribution in [0.3, 0.4) is 0 Å². The lowest BCUT2D eigenvalue weighted by Crippen LogP contribution is -2.20. The Morgan fingerprint density at radius 2 is 1.81 bits per heavy atom. The molecule has 2 unspecified atom stereocenters. The molecule has 172 valence electrons. The molecule has 0 fully saturated rings. The van der Waals surface area contributed by atoms with Gasteiger partial charge in [0.05, 0.1) is 18.4 Å². The van der Waals surface area contributed by atoms with Crippen LogP contribution < -0.4 is 0 Å². The van der Waals surface area contributed by atoms with Crippen LogP contribution in [0, 0.1) is 0 Å². The number of oxime groups is 2. The lowest BCUT2D eigenvalue weighted by atomic mass is 9.98. The minimum Gasteiger partial charge on any atom is -0.464 e. The second-order valence-corrected chi connectivity index (χ2v) is 7.00. The minimum atomic E-state index is -4.50. The Balaban J connectivity index is 2.38. The molecule has 2 aromatic rings. The summed E-state index contributed by atoms with van der Waals surface area (Å²) in [6, 6.07) is 9.13. The summed E-state index contributed by atoms with van der Waals surface area (Å²) >= 11 is 0. The number of nitrogens with zero attached hydrogens (tertiary/aromatic N) is 2. The van der Waals surface area contributed by atoms with Crippen molar-refractivity contribution in [2.24, 2.45) is 10.3 Å². The highest BCUT2D eigenvalue weighted by molar-refractivity contribution is 7.16. The minimum absolute atomic E-state index is 0.177. The van der Waals surface area contributed by atoms with Crippen LogP contribution in [-0.4, -0.2) is 31.6 Å². The summed E-state index contributed by atoms with van der Waals surface area (Å²) < 4.78 is 57.7. The Kier molecular flexibility index (Phi) is 8.72. The van der Waals surface area contributed by atoms with Gasteiger partial charge in [0.1, 0.15) is 19.6 Å². The zero-order chi connectivity index (χ0) is 23.9. The summed E-state index contributed by atoms with van der Waals surface area (Å²) in [7, 11) is 4.38. The van der Waals surface area contributed by atoms with E-state index in [0.717, 1.165) is 19.2 Å². The van der Waals surface area contributed by atoms with E-state index in [1.165, 1.54) is 44.4 Å². The van der Waals surface area contributed by atoms with E-state index in [1.54, 1.807) is 0 Å². The predicted octanol–water partition coefficient (Wildman–Crippen LogP) is 5.01. The summed E-state index contributed by atoms with van der Waals surface area (Å²) in [6.45, 7) is 1.18. The van der Waals surface area contributed by atoms with E-state index >= 15 is 0 Å². The summed E-state index contributed by atoms with van der Waals surface area (Å²) in [5.74, 6) is -2.31. The first-order valence-corrected chi connectivity index (χ1v) is 9.82. The zero-order valence-electron chi connectivity index (χ0n) is 17.4. The monoisotopic (exact) mass is 472 g/mol. The van der Waals surface area contributed by atoms with Gasteiger partial charge in [0, 0.05) is 11.1 Å². The molecule has 0 saturated heterocycles. The van der Waals surface area contributed by atoms with Gasteiger partial charge in [0.25, 0.3) is 0 Å². The van der Waals surface area contributed by atoms with E-state index in [1.807, 2.05) is 9.24 Å². The molecule has 0 amide bonds. The third-order valence-electron chi connectivity index (χ3n) is 4.34. The van der Waals surface area contributed by atoms with Crippen LogP contribution in [0.25, 0.3) is 0 Å². The molecule has 0 bridgehead atoms. The molecular weight excluding hydrogens is 451 g/mol. The molecule has 2 aromatic carbocycles. The van der Waals surface area contributed by atoms with Crippen molar-refractivity contribution in [1.29, 1.82) is 0 Å². The Morgan fingerprint density at radius 1 is 1.12 bits per heavy atom. The van der Waals surface area contributed by atoms with Crippen molar-refractivity contribution < 1.29 is 36.8 Å². The molecule has 0 heterocycles. The molecule has 0 saturated carbocycles. The number of rotatable bonds is 8. The molecule has 0 aliphatic rings. The van der Waals surface area contributed by atoms with Crippen molar-refractivity contribution in [2.75, 3.05) is 14.2 Å². The number of halogens is 4. The van der Waals surface area contributed by atoms with Crippen LogP contribution in [0.4, 0.5) is 17.6 Å². The molecule has 11 heteroatoms. The van der Waals surface area contributed by atoms with Crippen molar-refractivity contribution >= 4 is 26.6 Å². The van der Waals surface area contributed by atoms with Crippen LogP contribution in [-0.2, 0) is 32.0 Å². The Labute approximate surface area is 184 Å². The molecule has 6 nitrogen and oxygen atoms in total. The number of benzene rings is 2. The predicted molar refractivity (Wildman–Crippen MR) is 114 cm³/mol. The van der Waals surface area contributed by atoms with Crippen molar-refractivity contribution in [1.82, 2.24) is 0 Å². The van der Waals surface area contributed by atoms with Crippen LogP contribution >= 0.6 is 9.24 Å². The third kappa shape index (κ3) is 6.26. The van der Waals surface area contributed by atoms with Crippen molar-refractivity contribution in [2.45, 2.75) is 25.6 Å². The highest BCUT2D eigenvalue weighted by atomic mass is 31.0. The average Bonchev–Trinajstić information content (AvgIpc) is 2.76. The van der Waals surface area contributed by atoms with Gasteiger partial charge < -0.3 is 14.4 Å². The van der Waals surface area contributed by atoms with E-state index in [4.69, 9.17) is 14.4 Å². The maximum absolute atomic E-state index is 14.2. The zero-order valence-corrected chi connectivity index (χ0v) is 18.6. The number of ether oxygens (including phenoxy) is 1. The van der Waals surface area contributed by atoms with Gasteiger partial charge in [0.2, 0.25) is 0 Å². The molecule has 0 aliphatic carbocycles. The molecule has 32 heavy (non-hydrogen) atoms. The van der Waals surface area contributed by atoms with Gasteiger partial charge in [-0.1, -0.05) is 49.9 Å². The van der Waals surface area contributed by atoms with Crippen molar-refractivity contribution in [3.05, 3.63) is 70.3 Å². The fourth-order valence-electron chi connectivity index (χ4n) is 2.80. The summed E-state index contributed by atoms with van der Waals surface area (Å²) in [6.07, 6.45) is -4.50. The molecule has 0 aliphatic heterocycles. The van der Waals surface area contributed by atoms with Gasteiger partial charge in [-0.05, 0) is 30.2 Å². The van der Waals surface area contributed by atoms with E-state index in [9.17, 15) is 22.4 Å². The standard InChI is InChI=1S/C21H21F4N2O4P/c1-12(13-6-4-7-14(10-13)21(23,24)25)26-31-11-17-15(8-5-9-16(17)19(22)32)18(27-30-3)20(28)29-2/h4-10,19H,11,32H2,1-3H3/b26-12+,27-18+. The fourth-order valence-corrected chi connectivity index (χ4v) is 3.11. The molecule has 2 atom stereocenters. The van der Waals surface area contributed by atoms with E-state index in [0.29, 0.717) is 0 Å².